The molecule has 5 heteroatoms. The predicted molar refractivity (Wildman–Crippen MR) is 102 cm³/mol. The molecule has 1 fully saturated rings. The van der Waals surface area contributed by atoms with Crippen LogP contribution in [-0.2, 0) is 6.42 Å². The first-order valence-electron chi connectivity index (χ1n) is 8.95. The number of nitriles is 1. The maximum Gasteiger partial charge on any atom is 0.138 e. The zero-order valence-electron chi connectivity index (χ0n) is 14.6. The Morgan fingerprint density at radius 1 is 1.23 bits per heavy atom. The van der Waals surface area contributed by atoms with E-state index in [-0.39, 0.29) is 6.61 Å². The number of β-amino-alcohol motifs (C(OH)–C–C–N with tert-alkyl or cyclic N) is 1. The summed E-state index contributed by atoms with van der Waals surface area (Å²) in [6.07, 6.45) is 2.69. The molecule has 0 unspecified atom stereocenters. The standard InChI is InChI=1S/C21H23ClN2O2/c22-20-9-4-10-21(19(20)13-23)26-15-18(25)14-24-11-5-8-17(24)12-16-6-2-1-3-7-16/h1-4,6-7,9-10,17-18,25H,5,8,11-12,14-15H2/t17-,18+/m0/s1. The molecule has 2 aromatic carbocycles. The van der Waals surface area contributed by atoms with Crippen LogP contribution in [0.4, 0.5) is 0 Å². The predicted octanol–water partition coefficient (Wildman–Crippen LogP) is 3.66. The Bertz CT molecular complexity index is 760. The second kappa shape index (κ2) is 9.05. The van der Waals surface area contributed by atoms with Gasteiger partial charge in [-0.15, -0.1) is 0 Å². The van der Waals surface area contributed by atoms with Gasteiger partial charge < -0.3 is 9.84 Å². The fourth-order valence-corrected chi connectivity index (χ4v) is 3.70. The van der Waals surface area contributed by atoms with Crippen LogP contribution in [0.2, 0.25) is 5.02 Å². The Morgan fingerprint density at radius 2 is 2.04 bits per heavy atom. The number of likely N-dealkylation sites (tertiary alicyclic amines) is 1. The largest absolute Gasteiger partial charge is 0.489 e. The van der Waals surface area contributed by atoms with Crippen LogP contribution in [0, 0.1) is 11.3 Å². The minimum atomic E-state index is -0.614. The molecule has 1 saturated heterocycles. The van der Waals surface area contributed by atoms with E-state index in [0.29, 0.717) is 28.9 Å². The van der Waals surface area contributed by atoms with Crippen LogP contribution < -0.4 is 4.74 Å². The number of ether oxygens (including phenoxy) is 1. The van der Waals surface area contributed by atoms with Gasteiger partial charge in [0.25, 0.3) is 0 Å². The second-order valence-corrected chi connectivity index (χ2v) is 7.08. The monoisotopic (exact) mass is 370 g/mol. The summed E-state index contributed by atoms with van der Waals surface area (Å²) in [6, 6.07) is 18.1. The van der Waals surface area contributed by atoms with E-state index in [9.17, 15) is 10.4 Å². The fourth-order valence-electron chi connectivity index (χ4n) is 3.50. The van der Waals surface area contributed by atoms with Gasteiger partial charge in [-0.25, -0.2) is 0 Å². The van der Waals surface area contributed by atoms with Crippen molar-refractivity contribution < 1.29 is 9.84 Å². The van der Waals surface area contributed by atoms with E-state index >= 15 is 0 Å². The van der Waals surface area contributed by atoms with Crippen molar-refractivity contribution in [3.63, 3.8) is 0 Å². The number of halogens is 1. The molecule has 0 saturated carbocycles. The third-order valence-electron chi connectivity index (χ3n) is 4.78. The van der Waals surface area contributed by atoms with Gasteiger partial charge in [0, 0.05) is 12.6 Å². The molecule has 3 rings (SSSR count). The zero-order chi connectivity index (χ0) is 18.4. The zero-order valence-corrected chi connectivity index (χ0v) is 15.4. The number of benzene rings is 2. The molecular formula is C21H23ClN2O2. The normalized spacial score (nSPS) is 18.4. The van der Waals surface area contributed by atoms with Crippen molar-refractivity contribution in [3.05, 3.63) is 64.7 Å². The molecule has 0 bridgehead atoms. The van der Waals surface area contributed by atoms with E-state index in [1.807, 2.05) is 12.1 Å². The lowest BCUT2D eigenvalue weighted by Crippen LogP contribution is -2.39. The fraction of sp³-hybridized carbons (Fsp3) is 0.381. The highest BCUT2D eigenvalue weighted by Crippen LogP contribution is 2.26. The minimum absolute atomic E-state index is 0.142. The van der Waals surface area contributed by atoms with Crippen LogP contribution in [0.1, 0.15) is 24.0 Å². The molecule has 4 nitrogen and oxygen atoms in total. The number of aliphatic hydroxyl groups is 1. The van der Waals surface area contributed by atoms with Crippen LogP contribution in [0.5, 0.6) is 5.75 Å². The number of hydrogen-bond donors (Lipinski definition) is 1. The molecule has 0 aliphatic carbocycles. The number of aliphatic hydroxyl groups excluding tert-OH is 1. The Hall–Kier alpha value is -2.06. The summed E-state index contributed by atoms with van der Waals surface area (Å²) in [5.41, 5.74) is 1.64. The quantitative estimate of drug-likeness (QED) is 0.808. The summed E-state index contributed by atoms with van der Waals surface area (Å²) in [4.78, 5) is 2.34. The van der Waals surface area contributed by atoms with Gasteiger partial charge in [0.05, 0.1) is 5.02 Å². The average Bonchev–Trinajstić information content (AvgIpc) is 3.07. The maximum atomic E-state index is 10.4. The minimum Gasteiger partial charge on any atom is -0.489 e. The third-order valence-corrected chi connectivity index (χ3v) is 5.09. The highest BCUT2D eigenvalue weighted by atomic mass is 35.5. The molecule has 26 heavy (non-hydrogen) atoms. The molecule has 0 spiro atoms. The number of nitrogens with zero attached hydrogens (tertiary/aromatic N) is 2. The Labute approximate surface area is 159 Å². The van der Waals surface area contributed by atoms with Gasteiger partial charge in [0.2, 0.25) is 0 Å². The molecule has 0 amide bonds. The van der Waals surface area contributed by atoms with Gasteiger partial charge in [-0.1, -0.05) is 48.0 Å². The molecule has 2 aromatic rings. The SMILES string of the molecule is N#Cc1c(Cl)cccc1OC[C@H](O)CN1CCC[C@H]1Cc1ccccc1. The van der Waals surface area contributed by atoms with E-state index in [4.69, 9.17) is 16.3 Å². The smallest absolute Gasteiger partial charge is 0.138 e. The van der Waals surface area contributed by atoms with Crippen molar-refractivity contribution in [2.45, 2.75) is 31.4 Å². The van der Waals surface area contributed by atoms with Gasteiger partial charge >= 0.3 is 0 Å². The molecule has 0 radical (unpaired) electrons. The lowest BCUT2D eigenvalue weighted by molar-refractivity contribution is 0.0639. The average molecular weight is 371 g/mol. The van der Waals surface area contributed by atoms with Gasteiger partial charge in [-0.05, 0) is 43.5 Å². The highest BCUT2D eigenvalue weighted by Gasteiger charge is 2.26. The third kappa shape index (κ3) is 4.76. The van der Waals surface area contributed by atoms with Gasteiger partial charge in [0.15, 0.2) is 0 Å². The Morgan fingerprint density at radius 3 is 2.81 bits per heavy atom. The van der Waals surface area contributed by atoms with Crippen molar-refractivity contribution in [3.8, 4) is 11.8 Å². The van der Waals surface area contributed by atoms with E-state index in [1.165, 1.54) is 5.56 Å². The van der Waals surface area contributed by atoms with E-state index in [1.54, 1.807) is 18.2 Å². The van der Waals surface area contributed by atoms with Gasteiger partial charge in [-0.3, -0.25) is 4.90 Å². The van der Waals surface area contributed by atoms with E-state index in [2.05, 4.69) is 29.2 Å². The first-order valence-corrected chi connectivity index (χ1v) is 9.32. The van der Waals surface area contributed by atoms with Crippen molar-refractivity contribution in [2.24, 2.45) is 0 Å². The number of hydrogen-bond acceptors (Lipinski definition) is 4. The van der Waals surface area contributed by atoms with Crippen LogP contribution in [-0.4, -0.2) is 41.8 Å². The topological polar surface area (TPSA) is 56.5 Å². The molecule has 1 N–H and O–H groups in total. The van der Waals surface area contributed by atoms with Gasteiger partial charge in [0.1, 0.15) is 30.1 Å². The molecule has 2 atom stereocenters. The van der Waals surface area contributed by atoms with Crippen molar-refractivity contribution in [1.82, 2.24) is 4.90 Å². The molecule has 136 valence electrons. The molecular weight excluding hydrogens is 348 g/mol. The first kappa shape index (κ1) is 18.7. The maximum absolute atomic E-state index is 10.4. The van der Waals surface area contributed by atoms with Crippen LogP contribution in [0.25, 0.3) is 0 Å². The van der Waals surface area contributed by atoms with Gasteiger partial charge in [-0.2, -0.15) is 5.26 Å². The highest BCUT2D eigenvalue weighted by molar-refractivity contribution is 6.31. The second-order valence-electron chi connectivity index (χ2n) is 6.67. The van der Waals surface area contributed by atoms with Crippen molar-refractivity contribution in [1.29, 1.82) is 5.26 Å². The first-order chi connectivity index (χ1) is 12.7. The lowest BCUT2D eigenvalue weighted by atomic mass is 10.0. The Balaban J connectivity index is 1.54. The molecule has 1 heterocycles. The summed E-state index contributed by atoms with van der Waals surface area (Å²) in [5.74, 6) is 0.418. The molecule has 1 aliphatic rings. The summed E-state index contributed by atoms with van der Waals surface area (Å²) in [5, 5.41) is 20.0. The summed E-state index contributed by atoms with van der Waals surface area (Å²) >= 11 is 6.01. The summed E-state index contributed by atoms with van der Waals surface area (Å²) in [6.45, 7) is 1.71. The lowest BCUT2D eigenvalue weighted by Gasteiger charge is -2.27. The van der Waals surface area contributed by atoms with E-state index < -0.39 is 6.10 Å². The van der Waals surface area contributed by atoms with Crippen LogP contribution in [0.15, 0.2) is 48.5 Å². The molecule has 1 aliphatic heterocycles. The van der Waals surface area contributed by atoms with E-state index in [0.717, 1.165) is 25.8 Å². The Kier molecular flexibility index (Phi) is 6.51. The van der Waals surface area contributed by atoms with Crippen LogP contribution >= 0.6 is 11.6 Å². The van der Waals surface area contributed by atoms with Crippen molar-refractivity contribution in [2.75, 3.05) is 19.7 Å². The number of rotatable bonds is 7. The molecule has 0 aromatic heterocycles. The summed E-state index contributed by atoms with van der Waals surface area (Å²) < 4.78 is 5.65. The van der Waals surface area contributed by atoms with Crippen LogP contribution in [0.3, 0.4) is 0 Å². The van der Waals surface area contributed by atoms with Crippen molar-refractivity contribution >= 4 is 11.6 Å². The summed E-state index contributed by atoms with van der Waals surface area (Å²) in [7, 11) is 0.